The smallest absolute Gasteiger partial charge is 0.303 e. The van der Waals surface area contributed by atoms with E-state index in [1.54, 1.807) is 0 Å². The highest BCUT2D eigenvalue weighted by Gasteiger charge is 2.35. The lowest BCUT2D eigenvalue weighted by Gasteiger charge is -2.40. The Kier molecular flexibility index (Phi) is 12.9. The van der Waals surface area contributed by atoms with E-state index in [0.29, 0.717) is 25.3 Å². The molecule has 2 rings (SSSR count). The van der Waals surface area contributed by atoms with Gasteiger partial charge in [-0.25, -0.2) is 0 Å². The topological polar surface area (TPSA) is 77.8 Å². The van der Waals surface area contributed by atoms with Crippen LogP contribution in [0.5, 0.6) is 0 Å². The van der Waals surface area contributed by atoms with E-state index < -0.39 is 5.97 Å². The number of unbranched alkanes of at least 4 members (excludes halogenated alkanes) is 1. The van der Waals surface area contributed by atoms with Crippen molar-refractivity contribution >= 4 is 11.9 Å². The fraction of sp³-hybridized carbons (Fsp3) is 0.545. The number of benzene rings is 1. The molecular weight excluding hydrogens is 342 g/mol. The molecule has 0 radical (unpaired) electrons. The summed E-state index contributed by atoms with van der Waals surface area (Å²) in [6, 6.07) is 8.70. The first-order valence-corrected chi connectivity index (χ1v) is 9.70. The van der Waals surface area contributed by atoms with Gasteiger partial charge in [0.15, 0.2) is 0 Å². The van der Waals surface area contributed by atoms with E-state index in [9.17, 15) is 9.59 Å². The number of likely N-dealkylation sites (tertiary alicyclic amines) is 1. The summed E-state index contributed by atoms with van der Waals surface area (Å²) in [5.74, 6) is -0.0729. The van der Waals surface area contributed by atoms with Crippen LogP contribution in [0.4, 0.5) is 0 Å². The predicted octanol–water partition coefficient (Wildman–Crippen LogP) is 4.53. The van der Waals surface area contributed by atoms with Crippen molar-refractivity contribution < 1.29 is 19.8 Å². The third-order valence-corrected chi connectivity index (χ3v) is 4.28. The zero-order valence-corrected chi connectivity index (χ0v) is 17.3. The summed E-state index contributed by atoms with van der Waals surface area (Å²) < 4.78 is 0. The van der Waals surface area contributed by atoms with Crippen LogP contribution in [0.15, 0.2) is 36.4 Å². The fourth-order valence-corrected chi connectivity index (χ4v) is 2.76. The predicted molar refractivity (Wildman–Crippen MR) is 110 cm³/mol. The van der Waals surface area contributed by atoms with Crippen molar-refractivity contribution in [2.24, 2.45) is 0 Å². The van der Waals surface area contributed by atoms with E-state index >= 15 is 0 Å². The normalized spacial score (nSPS) is 15.6. The molecule has 1 atom stereocenters. The lowest BCUT2D eigenvalue weighted by molar-refractivity contribution is -0.145. The number of hydrogen-bond donors (Lipinski definition) is 2. The quantitative estimate of drug-likeness (QED) is 0.396. The minimum absolute atomic E-state index is 0.174. The number of carboxylic acids is 1. The summed E-state index contributed by atoms with van der Waals surface area (Å²) in [7, 11) is 1.00. The lowest BCUT2D eigenvalue weighted by atomic mass is 9.92. The largest absolute Gasteiger partial charge is 0.481 e. The molecule has 27 heavy (non-hydrogen) atoms. The Hall–Kier alpha value is -2.14. The number of allylic oxidation sites excluding steroid dienone is 1. The van der Waals surface area contributed by atoms with Gasteiger partial charge in [0.1, 0.15) is 0 Å². The molecule has 1 heterocycles. The minimum atomic E-state index is -0.763. The van der Waals surface area contributed by atoms with Gasteiger partial charge in [-0.3, -0.25) is 9.59 Å². The van der Waals surface area contributed by atoms with E-state index in [1.165, 1.54) is 11.1 Å². The number of carboxylic acid groups (broad SMARTS) is 1. The van der Waals surface area contributed by atoms with Gasteiger partial charge in [0.2, 0.25) is 5.91 Å². The molecule has 5 nitrogen and oxygen atoms in total. The summed E-state index contributed by atoms with van der Waals surface area (Å²) in [5.41, 5.74) is 2.50. The molecule has 1 aliphatic rings. The van der Waals surface area contributed by atoms with Crippen LogP contribution in [0.3, 0.4) is 0 Å². The van der Waals surface area contributed by atoms with E-state index in [2.05, 4.69) is 38.1 Å². The van der Waals surface area contributed by atoms with E-state index in [-0.39, 0.29) is 18.4 Å². The van der Waals surface area contributed by atoms with E-state index in [1.807, 2.05) is 30.9 Å². The maximum atomic E-state index is 11.8. The van der Waals surface area contributed by atoms with Crippen LogP contribution in [0, 0.1) is 0 Å². The Morgan fingerprint density at radius 2 is 1.78 bits per heavy atom. The standard InChI is InChI=1S/C19H25NO3.C2H6.CH4O/c1-14(2)15-8-10-16(11-9-15)17-13-18(21)20(17)12-6-4-3-5-7-19(22)23;2*1-2/h4,6,8-11,14,17H,3,5,7,12-13H2,1-2H3,(H,22,23);1-2H3;2H,1H3/b6-4-;;/t17-;;/m1../s1. The van der Waals surface area contributed by atoms with Gasteiger partial charge in [0, 0.05) is 20.1 Å². The number of hydrogen-bond acceptors (Lipinski definition) is 3. The highest BCUT2D eigenvalue weighted by atomic mass is 16.4. The molecule has 0 unspecified atom stereocenters. The lowest BCUT2D eigenvalue weighted by Crippen LogP contribution is -2.46. The number of aliphatic hydroxyl groups is 1. The third kappa shape index (κ3) is 8.39. The highest BCUT2D eigenvalue weighted by molar-refractivity contribution is 5.83. The van der Waals surface area contributed by atoms with Crippen LogP contribution in [0.1, 0.15) is 76.5 Å². The molecule has 0 saturated carbocycles. The molecule has 1 saturated heterocycles. The maximum Gasteiger partial charge on any atom is 0.303 e. The van der Waals surface area contributed by atoms with Crippen molar-refractivity contribution in [1.29, 1.82) is 0 Å². The molecule has 1 fully saturated rings. The second-order valence-electron chi connectivity index (χ2n) is 6.34. The van der Waals surface area contributed by atoms with Crippen LogP contribution in [0.2, 0.25) is 0 Å². The molecular formula is C22H35NO4. The molecule has 1 aromatic rings. The fourth-order valence-electron chi connectivity index (χ4n) is 2.76. The summed E-state index contributed by atoms with van der Waals surface area (Å²) in [5, 5.41) is 15.6. The van der Waals surface area contributed by atoms with Crippen molar-refractivity contribution in [3.63, 3.8) is 0 Å². The van der Waals surface area contributed by atoms with Crippen LogP contribution in [0.25, 0.3) is 0 Å². The number of β-lactam (4-membered cyclic amide) rings is 1. The van der Waals surface area contributed by atoms with Crippen molar-refractivity contribution in [2.75, 3.05) is 13.7 Å². The summed E-state index contributed by atoms with van der Waals surface area (Å²) in [6.07, 6.45) is 6.08. The summed E-state index contributed by atoms with van der Waals surface area (Å²) >= 11 is 0. The second-order valence-corrected chi connectivity index (χ2v) is 6.34. The number of nitrogens with zero attached hydrogens (tertiary/aromatic N) is 1. The Bertz CT molecular complexity index is 578. The van der Waals surface area contributed by atoms with Crippen LogP contribution in [-0.2, 0) is 9.59 Å². The average molecular weight is 378 g/mol. The number of aliphatic carboxylic acids is 1. The Morgan fingerprint density at radius 3 is 2.26 bits per heavy atom. The molecule has 5 heteroatoms. The van der Waals surface area contributed by atoms with Crippen molar-refractivity contribution in [3.05, 3.63) is 47.5 Å². The minimum Gasteiger partial charge on any atom is -0.481 e. The van der Waals surface area contributed by atoms with E-state index in [4.69, 9.17) is 10.2 Å². The Morgan fingerprint density at radius 1 is 1.19 bits per heavy atom. The van der Waals surface area contributed by atoms with Gasteiger partial charge in [0.05, 0.1) is 12.5 Å². The van der Waals surface area contributed by atoms with Crippen LogP contribution >= 0.6 is 0 Å². The van der Waals surface area contributed by atoms with Crippen molar-refractivity contribution in [2.45, 2.75) is 65.3 Å². The van der Waals surface area contributed by atoms with Gasteiger partial charge in [-0.1, -0.05) is 64.1 Å². The molecule has 0 aromatic heterocycles. The van der Waals surface area contributed by atoms with Gasteiger partial charge in [-0.05, 0) is 29.9 Å². The van der Waals surface area contributed by atoms with Gasteiger partial charge in [0.25, 0.3) is 0 Å². The van der Waals surface area contributed by atoms with Gasteiger partial charge < -0.3 is 15.1 Å². The molecule has 0 spiro atoms. The molecule has 0 bridgehead atoms. The molecule has 0 aliphatic carbocycles. The monoisotopic (exact) mass is 377 g/mol. The average Bonchev–Trinajstić information content (AvgIpc) is 2.68. The zero-order chi connectivity index (χ0) is 20.8. The van der Waals surface area contributed by atoms with Gasteiger partial charge in [-0.15, -0.1) is 0 Å². The van der Waals surface area contributed by atoms with E-state index in [0.717, 1.165) is 13.5 Å². The Labute approximate surface area is 163 Å². The van der Waals surface area contributed by atoms with Crippen molar-refractivity contribution in [1.82, 2.24) is 4.90 Å². The third-order valence-electron chi connectivity index (χ3n) is 4.28. The molecule has 2 N–H and O–H groups in total. The number of carbonyl (C=O) groups excluding carboxylic acids is 1. The number of rotatable bonds is 8. The number of carbonyl (C=O) groups is 2. The second kappa shape index (κ2) is 14.0. The number of aliphatic hydroxyl groups excluding tert-OH is 1. The molecule has 1 aliphatic heterocycles. The van der Waals surface area contributed by atoms with Crippen LogP contribution in [-0.4, -0.2) is 40.6 Å². The summed E-state index contributed by atoms with van der Waals surface area (Å²) in [4.78, 5) is 24.1. The SMILES string of the molecule is CC.CC(C)c1ccc([C@H]2CC(=O)N2C/C=C\CCCC(=O)O)cc1.CO. The molecule has 1 aromatic carbocycles. The number of amides is 1. The molecule has 152 valence electrons. The summed E-state index contributed by atoms with van der Waals surface area (Å²) in [6.45, 7) is 8.94. The van der Waals surface area contributed by atoms with Gasteiger partial charge >= 0.3 is 5.97 Å². The first kappa shape index (κ1) is 24.9. The first-order valence-electron chi connectivity index (χ1n) is 9.70. The zero-order valence-electron chi connectivity index (χ0n) is 17.3. The molecule has 1 amide bonds. The van der Waals surface area contributed by atoms with Crippen LogP contribution < -0.4 is 0 Å². The van der Waals surface area contributed by atoms with Gasteiger partial charge in [-0.2, -0.15) is 0 Å². The highest BCUT2D eigenvalue weighted by Crippen LogP contribution is 2.34. The maximum absolute atomic E-state index is 11.8. The Balaban J connectivity index is 0.00000158. The first-order chi connectivity index (χ1) is 13.0. The van der Waals surface area contributed by atoms with Crippen molar-refractivity contribution in [3.8, 4) is 0 Å².